The number of rotatable bonds is 7. The molecule has 1 aliphatic heterocycles. The van der Waals surface area contributed by atoms with Crippen molar-refractivity contribution < 1.29 is 28.6 Å². The standard InChI is InChI=1S/C18H23N3O5/c1-24-17-10-14(16(21(22)23)11-18(17)25-2)12-19-5-7-20(8-6-19)13-15-4-3-9-26-15/h3-4,9-11H,5-8,12-13H2,1-2H3/p+2. The van der Waals surface area contributed by atoms with Crippen LogP contribution in [0.25, 0.3) is 0 Å². The van der Waals surface area contributed by atoms with Gasteiger partial charge in [-0.2, -0.15) is 0 Å². The fourth-order valence-corrected chi connectivity index (χ4v) is 3.46. The summed E-state index contributed by atoms with van der Waals surface area (Å²) < 4.78 is 15.9. The average molecular weight is 363 g/mol. The van der Waals surface area contributed by atoms with Gasteiger partial charge in [-0.15, -0.1) is 0 Å². The molecule has 2 N–H and O–H groups in total. The van der Waals surface area contributed by atoms with Crippen molar-refractivity contribution in [1.82, 2.24) is 0 Å². The van der Waals surface area contributed by atoms with Gasteiger partial charge in [0.2, 0.25) is 0 Å². The van der Waals surface area contributed by atoms with E-state index < -0.39 is 0 Å². The van der Waals surface area contributed by atoms with Crippen LogP contribution in [-0.4, -0.2) is 45.3 Å². The SMILES string of the molecule is COc1cc(C[NH+]2CC[NH+](Cc3ccco3)CC2)c([N+](=O)[O-])cc1OC. The smallest absolute Gasteiger partial charge is 0.282 e. The first-order valence-corrected chi connectivity index (χ1v) is 8.69. The molecule has 8 heteroatoms. The summed E-state index contributed by atoms with van der Waals surface area (Å²) in [4.78, 5) is 13.9. The maximum Gasteiger partial charge on any atom is 0.282 e. The highest BCUT2D eigenvalue weighted by molar-refractivity contribution is 5.54. The number of nitrogens with zero attached hydrogens (tertiary/aromatic N) is 1. The second-order valence-electron chi connectivity index (χ2n) is 6.53. The zero-order chi connectivity index (χ0) is 18.5. The minimum Gasteiger partial charge on any atom is -0.493 e. The summed E-state index contributed by atoms with van der Waals surface area (Å²) in [6.07, 6.45) is 1.70. The molecule has 0 atom stereocenters. The topological polar surface area (TPSA) is 83.6 Å². The zero-order valence-electron chi connectivity index (χ0n) is 15.1. The molecule has 140 valence electrons. The summed E-state index contributed by atoms with van der Waals surface area (Å²) in [5.74, 6) is 1.90. The van der Waals surface area contributed by atoms with Gasteiger partial charge in [0.1, 0.15) is 39.3 Å². The van der Waals surface area contributed by atoms with E-state index in [2.05, 4.69) is 0 Å². The number of hydrogen-bond donors (Lipinski definition) is 2. The van der Waals surface area contributed by atoms with Crippen molar-refractivity contribution in [2.45, 2.75) is 13.1 Å². The molecule has 2 aromatic rings. The van der Waals surface area contributed by atoms with Gasteiger partial charge in [-0.3, -0.25) is 10.1 Å². The first-order valence-electron chi connectivity index (χ1n) is 8.69. The van der Waals surface area contributed by atoms with Crippen LogP contribution in [0, 0.1) is 10.1 Å². The first kappa shape index (κ1) is 18.2. The number of nitro benzene ring substituents is 1. The number of piperazine rings is 1. The molecular weight excluding hydrogens is 338 g/mol. The lowest BCUT2D eigenvalue weighted by atomic mass is 10.1. The highest BCUT2D eigenvalue weighted by Gasteiger charge is 2.27. The quantitative estimate of drug-likeness (QED) is 0.521. The van der Waals surface area contributed by atoms with Crippen LogP contribution in [0.5, 0.6) is 11.5 Å². The van der Waals surface area contributed by atoms with Crippen molar-refractivity contribution in [3.8, 4) is 11.5 Å². The summed E-state index contributed by atoms with van der Waals surface area (Å²) in [7, 11) is 3.02. The van der Waals surface area contributed by atoms with Crippen LogP contribution in [0.4, 0.5) is 5.69 Å². The van der Waals surface area contributed by atoms with Crippen LogP contribution >= 0.6 is 0 Å². The van der Waals surface area contributed by atoms with Gasteiger partial charge in [-0.05, 0) is 18.2 Å². The van der Waals surface area contributed by atoms with E-state index in [1.165, 1.54) is 30.1 Å². The Labute approximate surface area is 152 Å². The predicted octanol–water partition coefficient (Wildman–Crippen LogP) is -0.311. The minimum atomic E-state index is -0.352. The van der Waals surface area contributed by atoms with Gasteiger partial charge in [0.15, 0.2) is 17.3 Å². The number of nitrogens with one attached hydrogen (secondary N) is 2. The fourth-order valence-electron chi connectivity index (χ4n) is 3.46. The summed E-state index contributed by atoms with van der Waals surface area (Å²) in [6.45, 7) is 5.43. The number of methoxy groups -OCH3 is 2. The van der Waals surface area contributed by atoms with Gasteiger partial charge in [-0.25, -0.2) is 0 Å². The Bertz CT molecular complexity index is 740. The number of quaternary nitrogens is 2. The summed E-state index contributed by atoms with van der Waals surface area (Å²) in [6, 6.07) is 7.09. The van der Waals surface area contributed by atoms with Crippen molar-refractivity contribution in [3.05, 3.63) is 52.0 Å². The molecule has 8 nitrogen and oxygen atoms in total. The third-order valence-electron chi connectivity index (χ3n) is 4.89. The Balaban J connectivity index is 1.66. The predicted molar refractivity (Wildman–Crippen MR) is 93.7 cm³/mol. The van der Waals surface area contributed by atoms with E-state index in [9.17, 15) is 10.1 Å². The molecule has 1 aromatic carbocycles. The van der Waals surface area contributed by atoms with E-state index in [1.54, 1.807) is 12.3 Å². The van der Waals surface area contributed by atoms with E-state index in [4.69, 9.17) is 13.9 Å². The molecule has 0 amide bonds. The highest BCUT2D eigenvalue weighted by atomic mass is 16.6. The summed E-state index contributed by atoms with van der Waals surface area (Å²) in [5, 5.41) is 11.4. The molecule has 2 heterocycles. The lowest BCUT2D eigenvalue weighted by molar-refractivity contribution is -1.02. The molecule has 0 spiro atoms. The number of ether oxygens (including phenoxy) is 2. The van der Waals surface area contributed by atoms with Crippen molar-refractivity contribution in [1.29, 1.82) is 0 Å². The Hall–Kier alpha value is -2.58. The van der Waals surface area contributed by atoms with Crippen LogP contribution in [-0.2, 0) is 13.1 Å². The van der Waals surface area contributed by atoms with Crippen molar-refractivity contribution in [3.63, 3.8) is 0 Å². The zero-order valence-corrected chi connectivity index (χ0v) is 15.1. The van der Waals surface area contributed by atoms with Crippen molar-refractivity contribution in [2.24, 2.45) is 0 Å². The van der Waals surface area contributed by atoms with Crippen molar-refractivity contribution in [2.75, 3.05) is 40.4 Å². The fraction of sp³-hybridized carbons (Fsp3) is 0.444. The van der Waals surface area contributed by atoms with Crippen LogP contribution < -0.4 is 19.3 Å². The second kappa shape index (κ2) is 8.20. The van der Waals surface area contributed by atoms with E-state index in [-0.39, 0.29) is 10.6 Å². The van der Waals surface area contributed by atoms with Crippen LogP contribution in [0.2, 0.25) is 0 Å². The molecule has 1 saturated heterocycles. The van der Waals surface area contributed by atoms with Gasteiger partial charge in [0.25, 0.3) is 5.69 Å². The number of furan rings is 1. The maximum atomic E-state index is 11.4. The summed E-state index contributed by atoms with van der Waals surface area (Å²) >= 11 is 0. The third kappa shape index (κ3) is 4.14. The third-order valence-corrected chi connectivity index (χ3v) is 4.89. The van der Waals surface area contributed by atoms with Crippen molar-refractivity contribution >= 4 is 5.69 Å². The van der Waals surface area contributed by atoms with Gasteiger partial charge in [0, 0.05) is 0 Å². The first-order chi connectivity index (χ1) is 12.6. The lowest BCUT2D eigenvalue weighted by Crippen LogP contribution is -3.27. The molecule has 0 unspecified atom stereocenters. The number of nitro groups is 1. The normalized spacial score (nSPS) is 19.9. The Morgan fingerprint density at radius 2 is 1.69 bits per heavy atom. The Morgan fingerprint density at radius 3 is 2.23 bits per heavy atom. The lowest BCUT2D eigenvalue weighted by Gasteiger charge is -2.29. The van der Waals surface area contributed by atoms with Gasteiger partial charge < -0.3 is 23.7 Å². The Kier molecular flexibility index (Phi) is 5.75. The van der Waals surface area contributed by atoms with Crippen LogP contribution in [0.15, 0.2) is 34.9 Å². The highest BCUT2D eigenvalue weighted by Crippen LogP contribution is 2.34. The van der Waals surface area contributed by atoms with Gasteiger partial charge >= 0.3 is 0 Å². The molecule has 0 saturated carbocycles. The molecule has 0 radical (unpaired) electrons. The van der Waals surface area contributed by atoms with E-state index in [1.807, 2.05) is 12.1 Å². The van der Waals surface area contributed by atoms with Crippen LogP contribution in [0.3, 0.4) is 0 Å². The van der Waals surface area contributed by atoms with E-state index in [0.29, 0.717) is 23.6 Å². The molecule has 26 heavy (non-hydrogen) atoms. The molecule has 0 aliphatic carbocycles. The van der Waals surface area contributed by atoms with E-state index >= 15 is 0 Å². The molecular formula is C18H25N3O5+2. The summed E-state index contributed by atoms with van der Waals surface area (Å²) in [5.41, 5.74) is 0.762. The molecule has 3 rings (SSSR count). The number of benzene rings is 1. The van der Waals surface area contributed by atoms with Gasteiger partial charge in [0.05, 0.1) is 37.0 Å². The second-order valence-corrected chi connectivity index (χ2v) is 6.53. The van der Waals surface area contributed by atoms with E-state index in [0.717, 1.165) is 38.5 Å². The maximum absolute atomic E-state index is 11.4. The number of hydrogen-bond acceptors (Lipinski definition) is 5. The van der Waals surface area contributed by atoms with Crippen LogP contribution in [0.1, 0.15) is 11.3 Å². The molecule has 1 aliphatic rings. The largest absolute Gasteiger partial charge is 0.493 e. The minimum absolute atomic E-state index is 0.0838. The Morgan fingerprint density at radius 1 is 1.08 bits per heavy atom. The molecule has 0 bridgehead atoms. The average Bonchev–Trinajstić information content (AvgIpc) is 3.15. The molecule has 1 aromatic heterocycles. The molecule has 1 fully saturated rings. The monoisotopic (exact) mass is 363 g/mol. The van der Waals surface area contributed by atoms with Gasteiger partial charge in [-0.1, -0.05) is 0 Å².